The summed E-state index contributed by atoms with van der Waals surface area (Å²) in [6.07, 6.45) is 2.55. The number of rotatable bonds is 4. The van der Waals surface area contributed by atoms with E-state index in [2.05, 4.69) is 64.9 Å². The molecule has 2 aliphatic rings. The van der Waals surface area contributed by atoms with Crippen LogP contribution in [0.15, 0.2) is 64.2 Å². The fraction of sp³-hybridized carbons (Fsp3) is 0.200. The molecule has 0 radical (unpaired) electrons. The number of nitrogens with one attached hydrogen (secondary N) is 1. The van der Waals surface area contributed by atoms with Crippen molar-refractivity contribution < 1.29 is 4.79 Å². The number of aromatic nitrogens is 1. The monoisotopic (exact) mass is 441 g/mol. The number of benzene rings is 2. The molecule has 2 aromatic carbocycles. The number of aliphatic imine (C=N–C) groups is 1. The molecular weight excluding hydrogens is 418 g/mol. The van der Waals surface area contributed by atoms with Gasteiger partial charge in [0.15, 0.2) is 5.84 Å². The minimum atomic E-state index is -0.393. The predicted molar refractivity (Wildman–Crippen MR) is 132 cm³/mol. The summed E-state index contributed by atoms with van der Waals surface area (Å²) in [4.78, 5) is 17.0. The van der Waals surface area contributed by atoms with E-state index in [1.807, 2.05) is 19.1 Å². The molecule has 2 aliphatic heterocycles. The molecule has 0 atom stereocenters. The molecule has 5 rings (SSSR count). The molecule has 0 saturated heterocycles. The average molecular weight is 442 g/mol. The SMILES string of the molecule is CCC1=NN2C(=N)C(=Cc3c(C)n(Cc4ccc(C)cc4)c4ccccc34)C(=O)N=C2S1. The topological polar surface area (TPSA) is 73.8 Å². The van der Waals surface area contributed by atoms with Crippen molar-refractivity contribution in [3.05, 3.63) is 76.5 Å². The van der Waals surface area contributed by atoms with E-state index in [9.17, 15) is 4.79 Å². The minimum Gasteiger partial charge on any atom is -0.340 e. The zero-order valence-electron chi connectivity index (χ0n) is 18.2. The second-order valence-corrected chi connectivity index (χ2v) is 9.00. The van der Waals surface area contributed by atoms with Gasteiger partial charge in [-0.1, -0.05) is 55.0 Å². The Balaban J connectivity index is 1.61. The predicted octanol–water partition coefficient (Wildman–Crippen LogP) is 5.34. The Kier molecular flexibility index (Phi) is 5.06. The maximum absolute atomic E-state index is 12.8. The summed E-state index contributed by atoms with van der Waals surface area (Å²) in [6.45, 7) is 6.88. The van der Waals surface area contributed by atoms with Gasteiger partial charge in [0.1, 0.15) is 5.04 Å². The van der Waals surface area contributed by atoms with Crippen molar-refractivity contribution in [2.75, 3.05) is 0 Å². The number of thioether (sulfide) groups is 1. The van der Waals surface area contributed by atoms with Gasteiger partial charge in [0.05, 0.1) is 5.57 Å². The number of hydrogen-bond donors (Lipinski definition) is 1. The van der Waals surface area contributed by atoms with Crippen LogP contribution in [-0.4, -0.2) is 31.5 Å². The lowest BCUT2D eigenvalue weighted by atomic mass is 10.1. The fourth-order valence-corrected chi connectivity index (χ4v) is 4.86. The first-order chi connectivity index (χ1) is 15.5. The number of para-hydroxylation sites is 1. The zero-order valence-corrected chi connectivity index (χ0v) is 19.0. The van der Waals surface area contributed by atoms with Crippen LogP contribution in [0, 0.1) is 19.3 Å². The number of nitrogens with zero attached hydrogens (tertiary/aromatic N) is 4. The van der Waals surface area contributed by atoms with E-state index in [0.29, 0.717) is 5.17 Å². The number of amidine groups is 2. The van der Waals surface area contributed by atoms with Gasteiger partial charge in [-0.2, -0.15) is 15.1 Å². The third kappa shape index (κ3) is 3.39. The summed E-state index contributed by atoms with van der Waals surface area (Å²) in [6, 6.07) is 16.7. The average Bonchev–Trinajstić information content (AvgIpc) is 3.32. The van der Waals surface area contributed by atoms with E-state index in [1.54, 1.807) is 6.08 Å². The van der Waals surface area contributed by atoms with E-state index in [4.69, 9.17) is 5.41 Å². The van der Waals surface area contributed by atoms with Crippen molar-refractivity contribution >= 4 is 50.7 Å². The molecule has 1 N–H and O–H groups in total. The van der Waals surface area contributed by atoms with Crippen molar-refractivity contribution in [1.29, 1.82) is 5.41 Å². The molecule has 0 spiro atoms. The molecule has 0 saturated carbocycles. The third-order valence-electron chi connectivity index (χ3n) is 5.83. The summed E-state index contributed by atoms with van der Waals surface area (Å²) < 4.78 is 2.26. The maximum atomic E-state index is 12.8. The van der Waals surface area contributed by atoms with Gasteiger partial charge in [0, 0.05) is 28.7 Å². The first kappa shape index (κ1) is 20.5. The molecule has 7 heteroatoms. The van der Waals surface area contributed by atoms with Crippen molar-refractivity contribution in [2.24, 2.45) is 10.1 Å². The number of carbonyl (C=O) groups excluding carboxylic acids is 1. The fourth-order valence-electron chi connectivity index (χ4n) is 4.04. The van der Waals surface area contributed by atoms with Gasteiger partial charge in [-0.15, -0.1) is 0 Å². The van der Waals surface area contributed by atoms with Gasteiger partial charge >= 0.3 is 0 Å². The number of hydrogen-bond acceptors (Lipinski definition) is 4. The van der Waals surface area contributed by atoms with Crippen LogP contribution in [0.5, 0.6) is 0 Å². The van der Waals surface area contributed by atoms with Crippen LogP contribution in [0.4, 0.5) is 0 Å². The van der Waals surface area contributed by atoms with E-state index in [1.165, 1.54) is 27.9 Å². The van der Waals surface area contributed by atoms with E-state index in [0.717, 1.165) is 40.2 Å². The van der Waals surface area contributed by atoms with Gasteiger partial charge in [-0.25, -0.2) is 0 Å². The smallest absolute Gasteiger partial charge is 0.283 e. The first-order valence-electron chi connectivity index (χ1n) is 10.6. The van der Waals surface area contributed by atoms with Crippen LogP contribution in [0.25, 0.3) is 17.0 Å². The maximum Gasteiger partial charge on any atom is 0.283 e. The molecule has 160 valence electrons. The summed E-state index contributed by atoms with van der Waals surface area (Å²) >= 11 is 1.36. The van der Waals surface area contributed by atoms with Crippen molar-refractivity contribution in [3.63, 3.8) is 0 Å². The van der Waals surface area contributed by atoms with Crippen LogP contribution in [0.2, 0.25) is 0 Å². The molecule has 0 aliphatic carbocycles. The zero-order chi connectivity index (χ0) is 22.4. The Hall–Kier alpha value is -3.45. The standard InChI is InChI=1S/C25H23N5OS/c1-4-22-28-30-23(26)20(24(31)27-25(30)32-22)13-19-16(3)29(21-8-6-5-7-18(19)21)14-17-11-9-15(2)10-12-17/h5-13,26H,4,14H2,1-3H3. The largest absolute Gasteiger partial charge is 0.340 e. The van der Waals surface area contributed by atoms with E-state index in [-0.39, 0.29) is 11.4 Å². The van der Waals surface area contributed by atoms with Gasteiger partial charge in [0.25, 0.3) is 5.91 Å². The lowest BCUT2D eigenvalue weighted by Crippen LogP contribution is -2.35. The highest BCUT2D eigenvalue weighted by Crippen LogP contribution is 2.32. The number of fused-ring (bicyclic) bond motifs is 2. The lowest BCUT2D eigenvalue weighted by Gasteiger charge is -2.20. The summed E-state index contributed by atoms with van der Waals surface area (Å²) in [5.74, 6) is -0.318. The minimum absolute atomic E-state index is 0.0747. The molecule has 32 heavy (non-hydrogen) atoms. The van der Waals surface area contributed by atoms with Crippen LogP contribution in [0.3, 0.4) is 0 Å². The highest BCUT2D eigenvalue weighted by atomic mass is 32.2. The van der Waals surface area contributed by atoms with E-state index >= 15 is 0 Å². The summed E-state index contributed by atoms with van der Waals surface area (Å²) in [7, 11) is 0. The normalized spacial score (nSPS) is 17.2. The van der Waals surface area contributed by atoms with Gasteiger partial charge in [-0.3, -0.25) is 10.2 Å². The number of aryl methyl sites for hydroxylation is 1. The van der Waals surface area contributed by atoms with Crippen LogP contribution in [0.1, 0.15) is 35.7 Å². The lowest BCUT2D eigenvalue weighted by molar-refractivity contribution is -0.114. The molecule has 0 unspecified atom stereocenters. The third-order valence-corrected chi connectivity index (χ3v) is 6.88. The Morgan fingerprint density at radius 1 is 1.09 bits per heavy atom. The Bertz CT molecular complexity index is 1360. The second-order valence-electron chi connectivity index (χ2n) is 7.96. The Labute approximate surface area is 190 Å². The van der Waals surface area contributed by atoms with Gasteiger partial charge in [-0.05, 0) is 49.7 Å². The second kappa shape index (κ2) is 7.91. The van der Waals surface area contributed by atoms with Crippen molar-refractivity contribution in [3.8, 4) is 0 Å². The molecule has 0 fully saturated rings. The molecule has 1 amide bonds. The van der Waals surface area contributed by atoms with Crippen LogP contribution >= 0.6 is 11.8 Å². The first-order valence-corrected chi connectivity index (χ1v) is 11.4. The van der Waals surface area contributed by atoms with E-state index < -0.39 is 5.91 Å². The molecule has 6 nitrogen and oxygen atoms in total. The number of carbonyl (C=O) groups is 1. The van der Waals surface area contributed by atoms with Gasteiger partial charge < -0.3 is 4.57 Å². The van der Waals surface area contributed by atoms with Crippen LogP contribution in [-0.2, 0) is 11.3 Å². The number of hydrazone groups is 1. The number of amides is 1. The highest BCUT2D eigenvalue weighted by Gasteiger charge is 2.35. The molecular formula is C25H23N5OS. The quantitative estimate of drug-likeness (QED) is 0.556. The van der Waals surface area contributed by atoms with Crippen LogP contribution < -0.4 is 0 Å². The molecule has 0 bridgehead atoms. The van der Waals surface area contributed by atoms with Crippen molar-refractivity contribution in [2.45, 2.75) is 33.7 Å². The molecule has 3 aromatic rings. The summed E-state index contributed by atoms with van der Waals surface area (Å²) in [5.41, 5.74) is 5.78. The summed E-state index contributed by atoms with van der Waals surface area (Å²) in [5, 5.41) is 16.9. The molecule has 3 heterocycles. The Morgan fingerprint density at radius 2 is 1.84 bits per heavy atom. The highest BCUT2D eigenvalue weighted by molar-refractivity contribution is 8.26. The van der Waals surface area contributed by atoms with Crippen molar-refractivity contribution in [1.82, 2.24) is 9.58 Å². The van der Waals surface area contributed by atoms with Gasteiger partial charge in [0.2, 0.25) is 5.17 Å². The molecule has 1 aromatic heterocycles. The Morgan fingerprint density at radius 3 is 2.59 bits per heavy atom.